The van der Waals surface area contributed by atoms with Gasteiger partial charge in [-0.15, -0.1) is 0 Å². The highest BCUT2D eigenvalue weighted by Gasteiger charge is 2.38. The van der Waals surface area contributed by atoms with Gasteiger partial charge in [0, 0.05) is 16.4 Å². The van der Waals surface area contributed by atoms with E-state index in [0.29, 0.717) is 21.8 Å². The fourth-order valence-electron chi connectivity index (χ4n) is 3.16. The molecule has 102 valence electrons. The number of Topliss-reactive ketones (excluding diaryl/α,β-unsaturated/α-hetero) is 1. The van der Waals surface area contributed by atoms with Crippen molar-refractivity contribution in [1.29, 1.82) is 0 Å². The van der Waals surface area contributed by atoms with E-state index in [2.05, 4.69) is 0 Å². The fraction of sp³-hybridized carbons (Fsp3) is 0.533. The molecule has 0 radical (unpaired) electrons. The van der Waals surface area contributed by atoms with Crippen LogP contribution in [-0.2, 0) is 0 Å². The summed E-state index contributed by atoms with van der Waals surface area (Å²) in [5.41, 5.74) is 0.402. The summed E-state index contributed by atoms with van der Waals surface area (Å²) in [4.78, 5) is 12.6. The van der Waals surface area contributed by atoms with E-state index in [1.165, 1.54) is 38.2 Å². The first-order chi connectivity index (χ1) is 9.17. The average molecular weight is 280 g/mol. The summed E-state index contributed by atoms with van der Waals surface area (Å²) in [7, 11) is 1.52. The highest BCUT2D eigenvalue weighted by Crippen LogP contribution is 2.47. The molecule has 2 heterocycles. The van der Waals surface area contributed by atoms with Crippen LogP contribution in [0.1, 0.15) is 36.0 Å². The van der Waals surface area contributed by atoms with Crippen LogP contribution in [0.4, 0.5) is 4.39 Å². The molecule has 0 spiro atoms. The first-order valence-corrected chi connectivity index (χ1v) is 7.65. The Morgan fingerprint density at radius 1 is 1.32 bits per heavy atom. The second-order valence-electron chi connectivity index (χ2n) is 5.33. The quantitative estimate of drug-likeness (QED) is 0.790. The molecule has 1 aromatic carbocycles. The lowest BCUT2D eigenvalue weighted by Gasteiger charge is -2.26. The summed E-state index contributed by atoms with van der Waals surface area (Å²) in [6.07, 6.45) is 4.30. The maximum absolute atomic E-state index is 13.4. The Bertz CT molecular complexity index is 491. The highest BCUT2D eigenvalue weighted by molar-refractivity contribution is 8.00. The van der Waals surface area contributed by atoms with Crippen molar-refractivity contribution in [2.24, 2.45) is 5.92 Å². The molecule has 3 rings (SSSR count). The Hall–Kier alpha value is -1.03. The molecule has 1 aromatic rings. The van der Waals surface area contributed by atoms with Gasteiger partial charge in [0.2, 0.25) is 0 Å². The lowest BCUT2D eigenvalue weighted by atomic mass is 9.90. The van der Waals surface area contributed by atoms with E-state index in [9.17, 15) is 9.18 Å². The molecular formula is C15H17FO2S. The molecule has 2 unspecified atom stereocenters. The number of carbonyl (C=O) groups excluding carboxylic acids is 1. The highest BCUT2D eigenvalue weighted by atomic mass is 32.2. The van der Waals surface area contributed by atoms with Crippen LogP contribution in [0.2, 0.25) is 0 Å². The summed E-state index contributed by atoms with van der Waals surface area (Å²) in [5, 5.41) is 1.24. The van der Waals surface area contributed by atoms with Crippen molar-refractivity contribution in [3.63, 3.8) is 0 Å². The topological polar surface area (TPSA) is 26.3 Å². The van der Waals surface area contributed by atoms with Crippen LogP contribution in [-0.4, -0.2) is 23.4 Å². The minimum atomic E-state index is -0.377. The molecule has 2 nitrogen and oxygen atoms in total. The molecule has 4 heteroatoms. The number of methoxy groups -OCH3 is 1. The maximum Gasteiger partial charge on any atom is 0.169 e. The number of hydrogen-bond donors (Lipinski definition) is 0. The third-order valence-corrected chi connectivity index (χ3v) is 5.71. The van der Waals surface area contributed by atoms with Gasteiger partial charge >= 0.3 is 0 Å². The molecule has 2 aliphatic heterocycles. The Morgan fingerprint density at radius 3 is 2.63 bits per heavy atom. The molecule has 0 N–H and O–H groups in total. The van der Waals surface area contributed by atoms with E-state index in [1.54, 1.807) is 0 Å². The van der Waals surface area contributed by atoms with Crippen molar-refractivity contribution in [2.75, 3.05) is 7.11 Å². The Labute approximate surface area is 116 Å². The number of ketones is 1. The zero-order valence-electron chi connectivity index (χ0n) is 10.9. The molecule has 2 bridgehead atoms. The largest absolute Gasteiger partial charge is 0.496 e. The molecule has 0 aliphatic carbocycles. The average Bonchev–Trinajstić information content (AvgIpc) is 2.76. The number of rotatable bonds is 3. The minimum Gasteiger partial charge on any atom is -0.496 e. The van der Waals surface area contributed by atoms with Crippen LogP contribution >= 0.6 is 11.8 Å². The summed E-state index contributed by atoms with van der Waals surface area (Å²) >= 11 is 2.02. The number of carbonyl (C=O) groups is 1. The van der Waals surface area contributed by atoms with E-state index < -0.39 is 0 Å². The summed E-state index contributed by atoms with van der Waals surface area (Å²) in [6.45, 7) is 0. The van der Waals surface area contributed by atoms with Gasteiger partial charge in [0.15, 0.2) is 5.78 Å². The van der Waals surface area contributed by atoms with E-state index in [4.69, 9.17) is 4.74 Å². The van der Waals surface area contributed by atoms with E-state index in [-0.39, 0.29) is 17.5 Å². The standard InChI is InChI=1S/C15H17FO2S/c1-18-14-5-2-10(16)8-13(14)15(17)9-6-11-3-4-12(7-9)19-11/h2,5,8-9,11-12H,3-4,6-7H2,1H3. The van der Waals surface area contributed by atoms with Crippen molar-refractivity contribution in [1.82, 2.24) is 0 Å². The third kappa shape index (κ3) is 2.50. The van der Waals surface area contributed by atoms with Gasteiger partial charge < -0.3 is 4.74 Å². The predicted molar refractivity (Wildman–Crippen MR) is 74.4 cm³/mol. The van der Waals surface area contributed by atoms with Gasteiger partial charge in [-0.3, -0.25) is 4.79 Å². The third-order valence-electron chi connectivity index (χ3n) is 4.09. The van der Waals surface area contributed by atoms with Gasteiger partial charge in [0.25, 0.3) is 0 Å². The summed E-state index contributed by atoms with van der Waals surface area (Å²) < 4.78 is 18.6. The van der Waals surface area contributed by atoms with E-state index in [0.717, 1.165) is 12.8 Å². The molecular weight excluding hydrogens is 263 g/mol. The Balaban J connectivity index is 1.85. The van der Waals surface area contributed by atoms with Gasteiger partial charge in [-0.25, -0.2) is 4.39 Å². The first kappa shape index (κ1) is 13.0. The van der Waals surface area contributed by atoms with Crippen LogP contribution in [0, 0.1) is 11.7 Å². The number of benzene rings is 1. The van der Waals surface area contributed by atoms with Gasteiger partial charge in [0.1, 0.15) is 11.6 Å². The second kappa shape index (κ2) is 5.16. The van der Waals surface area contributed by atoms with Gasteiger partial charge in [-0.05, 0) is 43.9 Å². The fourth-order valence-corrected chi connectivity index (χ4v) is 4.94. The van der Waals surface area contributed by atoms with Crippen molar-refractivity contribution >= 4 is 17.5 Å². The number of fused-ring (bicyclic) bond motifs is 2. The van der Waals surface area contributed by atoms with Crippen LogP contribution in [0.3, 0.4) is 0 Å². The van der Waals surface area contributed by atoms with Crippen LogP contribution in [0.15, 0.2) is 18.2 Å². The van der Waals surface area contributed by atoms with Gasteiger partial charge in [-0.2, -0.15) is 11.8 Å². The molecule has 2 aliphatic rings. The zero-order valence-corrected chi connectivity index (χ0v) is 11.7. The molecule has 0 amide bonds. The van der Waals surface area contributed by atoms with E-state index >= 15 is 0 Å². The lowest BCUT2D eigenvalue weighted by molar-refractivity contribution is 0.0903. The molecule has 2 atom stereocenters. The van der Waals surface area contributed by atoms with Crippen molar-refractivity contribution in [3.8, 4) is 5.75 Å². The molecule has 19 heavy (non-hydrogen) atoms. The molecule has 0 saturated carbocycles. The zero-order chi connectivity index (χ0) is 13.4. The van der Waals surface area contributed by atoms with Crippen molar-refractivity contribution in [2.45, 2.75) is 36.2 Å². The maximum atomic E-state index is 13.4. The smallest absolute Gasteiger partial charge is 0.169 e. The SMILES string of the molecule is COc1ccc(F)cc1C(=O)C1CC2CCC(C1)S2. The Morgan fingerprint density at radius 2 is 2.00 bits per heavy atom. The van der Waals surface area contributed by atoms with Gasteiger partial charge in [0.05, 0.1) is 12.7 Å². The minimum absolute atomic E-state index is 0.0365. The van der Waals surface area contributed by atoms with Crippen molar-refractivity contribution in [3.05, 3.63) is 29.6 Å². The van der Waals surface area contributed by atoms with E-state index in [1.807, 2.05) is 11.8 Å². The van der Waals surface area contributed by atoms with Crippen LogP contribution in [0.5, 0.6) is 5.75 Å². The first-order valence-electron chi connectivity index (χ1n) is 6.70. The number of ether oxygens (including phenoxy) is 1. The molecule has 2 saturated heterocycles. The normalized spacial score (nSPS) is 29.3. The number of thioether (sulfide) groups is 1. The molecule has 0 aromatic heterocycles. The lowest BCUT2D eigenvalue weighted by Crippen LogP contribution is -2.25. The summed E-state index contributed by atoms with van der Waals surface area (Å²) in [5.74, 6) is 0.192. The van der Waals surface area contributed by atoms with Crippen LogP contribution < -0.4 is 4.74 Å². The number of halogens is 1. The number of hydrogen-bond acceptors (Lipinski definition) is 3. The monoisotopic (exact) mass is 280 g/mol. The second-order valence-corrected chi connectivity index (χ2v) is 6.94. The Kier molecular flexibility index (Phi) is 3.52. The van der Waals surface area contributed by atoms with Gasteiger partial charge in [-0.1, -0.05) is 0 Å². The summed E-state index contributed by atoms with van der Waals surface area (Å²) in [6, 6.07) is 4.18. The van der Waals surface area contributed by atoms with Crippen molar-refractivity contribution < 1.29 is 13.9 Å². The molecule has 2 fully saturated rings. The predicted octanol–water partition coefficient (Wildman–Crippen LogP) is 3.69. The van der Waals surface area contributed by atoms with Crippen LogP contribution in [0.25, 0.3) is 0 Å².